The zero-order valence-electron chi connectivity index (χ0n) is 8.43. The van der Waals surface area contributed by atoms with Gasteiger partial charge in [-0.25, -0.2) is 4.98 Å². The molecule has 1 rings (SSSR count). The van der Waals surface area contributed by atoms with Gasteiger partial charge in [-0.1, -0.05) is 0 Å². The molecule has 0 radical (unpaired) electrons. The monoisotopic (exact) mass is 211 g/mol. The lowest BCUT2D eigenvalue weighted by Gasteiger charge is -2.05. The first-order valence-corrected chi connectivity index (χ1v) is 4.54. The van der Waals surface area contributed by atoms with E-state index in [1.807, 2.05) is 0 Å². The molecule has 6 heteroatoms. The van der Waals surface area contributed by atoms with Gasteiger partial charge in [-0.05, 0) is 6.92 Å². The smallest absolute Gasteiger partial charge is 0.253 e. The number of hydrogen-bond donors (Lipinski definition) is 2. The maximum atomic E-state index is 11.3. The van der Waals surface area contributed by atoms with E-state index < -0.39 is 0 Å². The Kier molecular flexibility index (Phi) is 3.99. The fourth-order valence-corrected chi connectivity index (χ4v) is 1.04. The molecule has 1 aromatic heterocycles. The van der Waals surface area contributed by atoms with Gasteiger partial charge in [-0.3, -0.25) is 14.2 Å². The molecule has 82 valence electrons. The molecule has 0 spiro atoms. The highest BCUT2D eigenvalue weighted by Crippen LogP contribution is 1.84. The lowest BCUT2D eigenvalue weighted by atomic mass is 10.4. The number of aliphatic hydroxyl groups is 1. The third-order valence-electron chi connectivity index (χ3n) is 1.76. The number of aryl methyl sites for hydroxylation is 1. The van der Waals surface area contributed by atoms with Gasteiger partial charge in [0.2, 0.25) is 5.91 Å². The van der Waals surface area contributed by atoms with E-state index in [2.05, 4.69) is 10.3 Å². The summed E-state index contributed by atoms with van der Waals surface area (Å²) in [7, 11) is 0. The normalized spacial score (nSPS) is 10.0. The second-order valence-electron chi connectivity index (χ2n) is 3.07. The van der Waals surface area contributed by atoms with Crippen molar-refractivity contribution in [3.05, 3.63) is 28.4 Å². The average Bonchev–Trinajstić information content (AvgIpc) is 2.19. The largest absolute Gasteiger partial charge is 0.395 e. The maximum Gasteiger partial charge on any atom is 0.253 e. The van der Waals surface area contributed by atoms with Crippen LogP contribution in [-0.4, -0.2) is 33.7 Å². The molecular formula is C9H13N3O3. The summed E-state index contributed by atoms with van der Waals surface area (Å²) < 4.78 is 1.21. The van der Waals surface area contributed by atoms with Crippen molar-refractivity contribution >= 4 is 5.91 Å². The van der Waals surface area contributed by atoms with Gasteiger partial charge in [0.05, 0.1) is 12.9 Å². The topological polar surface area (TPSA) is 84.2 Å². The van der Waals surface area contributed by atoms with E-state index in [1.165, 1.54) is 17.0 Å². The van der Waals surface area contributed by atoms with E-state index in [0.29, 0.717) is 5.69 Å². The minimum atomic E-state index is -0.322. The molecule has 0 aromatic carbocycles. The molecule has 1 amide bonds. The minimum Gasteiger partial charge on any atom is -0.395 e. The van der Waals surface area contributed by atoms with E-state index in [4.69, 9.17) is 5.11 Å². The lowest BCUT2D eigenvalue weighted by Crippen LogP contribution is -2.33. The second kappa shape index (κ2) is 5.26. The minimum absolute atomic E-state index is 0.0773. The number of aliphatic hydroxyl groups excluding tert-OH is 1. The summed E-state index contributed by atoms with van der Waals surface area (Å²) in [4.78, 5) is 26.4. The number of nitrogens with one attached hydrogen (secondary N) is 1. The van der Waals surface area contributed by atoms with Crippen LogP contribution in [0.5, 0.6) is 0 Å². The van der Waals surface area contributed by atoms with Gasteiger partial charge in [0.15, 0.2) is 0 Å². The molecule has 0 atom stereocenters. The quantitative estimate of drug-likeness (QED) is 0.645. The number of carbonyl (C=O) groups is 1. The van der Waals surface area contributed by atoms with Crippen LogP contribution in [0.25, 0.3) is 0 Å². The van der Waals surface area contributed by atoms with Crippen LogP contribution in [0, 0.1) is 6.92 Å². The van der Waals surface area contributed by atoms with Crippen LogP contribution in [0.2, 0.25) is 0 Å². The summed E-state index contributed by atoms with van der Waals surface area (Å²) in [6.07, 6.45) is 1.33. The summed E-state index contributed by atoms with van der Waals surface area (Å²) in [6.45, 7) is 1.70. The number of nitrogens with zero attached hydrogens (tertiary/aromatic N) is 2. The molecule has 1 aromatic rings. The highest BCUT2D eigenvalue weighted by Gasteiger charge is 2.03. The van der Waals surface area contributed by atoms with Crippen molar-refractivity contribution < 1.29 is 9.90 Å². The predicted molar refractivity (Wildman–Crippen MR) is 53.3 cm³/mol. The van der Waals surface area contributed by atoms with Crippen LogP contribution < -0.4 is 10.9 Å². The highest BCUT2D eigenvalue weighted by atomic mass is 16.3. The van der Waals surface area contributed by atoms with Crippen molar-refractivity contribution in [2.75, 3.05) is 13.2 Å². The number of amides is 1. The third kappa shape index (κ3) is 3.51. The van der Waals surface area contributed by atoms with E-state index >= 15 is 0 Å². The van der Waals surface area contributed by atoms with Crippen LogP contribution in [0.15, 0.2) is 17.2 Å². The van der Waals surface area contributed by atoms with E-state index in [0.717, 1.165) is 0 Å². The standard InChI is InChI=1S/C9H13N3O3/c1-7-4-9(15)12(6-11-7)5-8(14)10-2-3-13/h4,6,13H,2-3,5H2,1H3,(H,10,14). The van der Waals surface area contributed by atoms with E-state index in [9.17, 15) is 9.59 Å². The Morgan fingerprint density at radius 1 is 1.67 bits per heavy atom. The molecule has 0 aliphatic carbocycles. The van der Waals surface area contributed by atoms with Crippen molar-refractivity contribution in [2.24, 2.45) is 0 Å². The van der Waals surface area contributed by atoms with Crippen LogP contribution in [-0.2, 0) is 11.3 Å². The Morgan fingerprint density at radius 3 is 3.00 bits per heavy atom. The van der Waals surface area contributed by atoms with Gasteiger partial charge in [-0.2, -0.15) is 0 Å². The fraction of sp³-hybridized carbons (Fsp3) is 0.444. The molecule has 0 saturated heterocycles. The lowest BCUT2D eigenvalue weighted by molar-refractivity contribution is -0.121. The molecule has 0 unspecified atom stereocenters. The number of hydrogen-bond acceptors (Lipinski definition) is 4. The number of aromatic nitrogens is 2. The first-order valence-electron chi connectivity index (χ1n) is 4.54. The van der Waals surface area contributed by atoms with Crippen molar-refractivity contribution in [3.8, 4) is 0 Å². The van der Waals surface area contributed by atoms with Gasteiger partial charge in [0.1, 0.15) is 6.54 Å². The van der Waals surface area contributed by atoms with Crippen LogP contribution in [0.3, 0.4) is 0 Å². The molecule has 0 fully saturated rings. The average molecular weight is 211 g/mol. The van der Waals surface area contributed by atoms with Crippen molar-refractivity contribution in [1.82, 2.24) is 14.9 Å². The summed E-state index contributed by atoms with van der Waals surface area (Å²) in [5.41, 5.74) is 0.355. The maximum absolute atomic E-state index is 11.3. The molecule has 0 saturated carbocycles. The summed E-state index contributed by atoms with van der Waals surface area (Å²) in [5, 5.41) is 10.9. The molecule has 0 aliphatic rings. The van der Waals surface area contributed by atoms with Crippen molar-refractivity contribution in [1.29, 1.82) is 0 Å². The van der Waals surface area contributed by atoms with Crippen LogP contribution >= 0.6 is 0 Å². The Hall–Kier alpha value is -1.69. The number of carbonyl (C=O) groups excluding carboxylic acids is 1. The first kappa shape index (κ1) is 11.4. The summed E-state index contributed by atoms with van der Waals surface area (Å²) in [6, 6.07) is 1.36. The van der Waals surface area contributed by atoms with E-state index in [-0.39, 0.29) is 31.2 Å². The third-order valence-corrected chi connectivity index (χ3v) is 1.76. The molecule has 2 N–H and O–H groups in total. The molecular weight excluding hydrogens is 198 g/mol. The Labute approximate surface area is 86.6 Å². The fourth-order valence-electron chi connectivity index (χ4n) is 1.04. The number of rotatable bonds is 4. The van der Waals surface area contributed by atoms with Crippen molar-refractivity contribution in [2.45, 2.75) is 13.5 Å². The zero-order valence-corrected chi connectivity index (χ0v) is 8.43. The van der Waals surface area contributed by atoms with Crippen LogP contribution in [0.1, 0.15) is 5.69 Å². The molecule has 15 heavy (non-hydrogen) atoms. The summed E-state index contributed by atoms with van der Waals surface area (Å²) >= 11 is 0. The zero-order chi connectivity index (χ0) is 11.3. The van der Waals surface area contributed by atoms with Gasteiger partial charge in [0, 0.05) is 18.3 Å². The van der Waals surface area contributed by atoms with Crippen LogP contribution in [0.4, 0.5) is 0 Å². The highest BCUT2D eigenvalue weighted by molar-refractivity contribution is 5.75. The molecule has 0 bridgehead atoms. The second-order valence-corrected chi connectivity index (χ2v) is 3.07. The molecule has 0 aliphatic heterocycles. The van der Waals surface area contributed by atoms with E-state index in [1.54, 1.807) is 6.92 Å². The molecule has 1 heterocycles. The predicted octanol–water partition coefficient (Wildman–Crippen LogP) is -1.34. The Balaban J connectivity index is 2.65. The van der Waals surface area contributed by atoms with Crippen molar-refractivity contribution in [3.63, 3.8) is 0 Å². The van der Waals surface area contributed by atoms with Gasteiger partial charge in [0.25, 0.3) is 5.56 Å². The Bertz CT molecular complexity index is 400. The van der Waals surface area contributed by atoms with Gasteiger partial charge < -0.3 is 10.4 Å². The SMILES string of the molecule is Cc1cc(=O)n(CC(=O)NCCO)cn1. The first-order chi connectivity index (χ1) is 7.13. The summed E-state index contributed by atoms with van der Waals surface area (Å²) in [5.74, 6) is -0.322. The molecule has 6 nitrogen and oxygen atoms in total. The Morgan fingerprint density at radius 2 is 2.40 bits per heavy atom. The van der Waals surface area contributed by atoms with Gasteiger partial charge in [-0.15, -0.1) is 0 Å². The van der Waals surface area contributed by atoms with Gasteiger partial charge >= 0.3 is 0 Å².